The molecule has 0 aliphatic carbocycles. The van der Waals surface area contributed by atoms with E-state index in [0.717, 1.165) is 4.88 Å². The second kappa shape index (κ2) is 8.30. The topological polar surface area (TPSA) is 90.0 Å². The first-order valence-electron chi connectivity index (χ1n) is 8.32. The molecule has 0 amide bonds. The highest BCUT2D eigenvalue weighted by molar-refractivity contribution is 7.89. The average Bonchev–Trinajstić information content (AvgIpc) is 3.13. The van der Waals surface area contributed by atoms with Gasteiger partial charge in [-0.1, -0.05) is 6.07 Å². The first kappa shape index (κ1) is 19.7. The number of carbonyl (C=O) groups is 2. The van der Waals surface area contributed by atoms with E-state index in [1.807, 2.05) is 13.0 Å². The Labute approximate surface area is 161 Å². The maximum absolute atomic E-state index is 12.7. The largest absolute Gasteiger partial charge is 0.454 e. The number of sulfonamides is 1. The van der Waals surface area contributed by atoms with Crippen LogP contribution in [0.4, 0.5) is 0 Å². The van der Waals surface area contributed by atoms with E-state index in [1.54, 1.807) is 6.07 Å². The highest BCUT2D eigenvalue weighted by Crippen LogP contribution is 2.19. The van der Waals surface area contributed by atoms with Crippen LogP contribution in [0.3, 0.4) is 0 Å². The van der Waals surface area contributed by atoms with Crippen molar-refractivity contribution in [2.24, 2.45) is 0 Å². The summed E-state index contributed by atoms with van der Waals surface area (Å²) in [6, 6.07) is 9.15. The minimum absolute atomic E-state index is 0.0130. The Bertz CT molecular complexity index is 944. The number of rotatable bonds is 6. The molecule has 0 bridgehead atoms. The first-order valence-corrected chi connectivity index (χ1v) is 10.6. The third-order valence-corrected chi connectivity index (χ3v) is 6.96. The summed E-state index contributed by atoms with van der Waals surface area (Å²) in [5.41, 5.74) is 0.0829. The van der Waals surface area contributed by atoms with E-state index in [4.69, 9.17) is 9.47 Å². The number of carbonyl (C=O) groups excluding carboxylic acids is 2. The van der Waals surface area contributed by atoms with Crippen molar-refractivity contribution >= 4 is 33.1 Å². The SMILES string of the molecule is Cc1ccc(C(=O)COC(=O)c2cccc(S(=O)(=O)N3CCOCC3)c2)s1. The molecule has 1 aliphatic heterocycles. The summed E-state index contributed by atoms with van der Waals surface area (Å²) in [7, 11) is -3.71. The van der Waals surface area contributed by atoms with Crippen LogP contribution in [0, 0.1) is 6.92 Å². The fourth-order valence-corrected chi connectivity index (χ4v) is 4.84. The Hall–Kier alpha value is -2.07. The molecule has 2 aromatic rings. The molecule has 1 aromatic carbocycles. The van der Waals surface area contributed by atoms with Gasteiger partial charge in [-0.25, -0.2) is 13.2 Å². The summed E-state index contributed by atoms with van der Waals surface area (Å²) >= 11 is 1.33. The van der Waals surface area contributed by atoms with Gasteiger partial charge < -0.3 is 9.47 Å². The van der Waals surface area contributed by atoms with Crippen LogP contribution in [-0.4, -0.2) is 57.4 Å². The molecule has 0 spiro atoms. The number of ether oxygens (including phenoxy) is 2. The molecule has 144 valence electrons. The maximum atomic E-state index is 12.7. The Morgan fingerprint density at radius 3 is 2.59 bits per heavy atom. The van der Waals surface area contributed by atoms with E-state index in [1.165, 1.54) is 39.9 Å². The summed E-state index contributed by atoms with van der Waals surface area (Å²) < 4.78 is 36.9. The molecule has 0 radical (unpaired) electrons. The average molecular weight is 409 g/mol. The summed E-state index contributed by atoms with van der Waals surface area (Å²) in [5, 5.41) is 0. The molecule has 0 N–H and O–H groups in total. The molecule has 27 heavy (non-hydrogen) atoms. The van der Waals surface area contributed by atoms with Crippen LogP contribution in [0.1, 0.15) is 24.9 Å². The van der Waals surface area contributed by atoms with Crippen LogP contribution >= 0.6 is 11.3 Å². The number of ketones is 1. The monoisotopic (exact) mass is 409 g/mol. The van der Waals surface area contributed by atoms with Gasteiger partial charge in [-0.15, -0.1) is 11.3 Å². The van der Waals surface area contributed by atoms with Gasteiger partial charge in [0.05, 0.1) is 28.5 Å². The molecule has 0 atom stereocenters. The lowest BCUT2D eigenvalue weighted by Gasteiger charge is -2.26. The molecule has 0 saturated carbocycles. The van der Waals surface area contributed by atoms with Crippen molar-refractivity contribution < 1.29 is 27.5 Å². The molecular weight excluding hydrogens is 390 g/mol. The van der Waals surface area contributed by atoms with Crippen molar-refractivity contribution in [3.63, 3.8) is 0 Å². The lowest BCUT2D eigenvalue weighted by molar-refractivity contribution is 0.0475. The third-order valence-electron chi connectivity index (χ3n) is 4.03. The molecule has 9 heteroatoms. The van der Waals surface area contributed by atoms with E-state index >= 15 is 0 Å². The molecular formula is C18H19NO6S2. The second-order valence-corrected chi connectivity index (χ2v) is 9.18. The summed E-state index contributed by atoms with van der Waals surface area (Å²) in [6.45, 7) is 2.71. The zero-order chi connectivity index (χ0) is 19.4. The molecule has 3 rings (SSSR count). The number of benzene rings is 1. The molecule has 2 heterocycles. The van der Waals surface area contributed by atoms with Gasteiger partial charge in [0.2, 0.25) is 15.8 Å². The number of Topliss-reactive ketones (excluding diaryl/α,β-unsaturated/α-hetero) is 1. The van der Waals surface area contributed by atoms with Gasteiger partial charge in [-0.2, -0.15) is 4.31 Å². The number of esters is 1. The zero-order valence-corrected chi connectivity index (χ0v) is 16.3. The van der Waals surface area contributed by atoms with Crippen molar-refractivity contribution in [3.8, 4) is 0 Å². The molecule has 1 aromatic heterocycles. The molecule has 0 unspecified atom stereocenters. The molecule has 1 aliphatic rings. The lowest BCUT2D eigenvalue weighted by Crippen LogP contribution is -2.40. The predicted molar refractivity (Wildman–Crippen MR) is 99.7 cm³/mol. The van der Waals surface area contributed by atoms with Crippen molar-refractivity contribution in [2.75, 3.05) is 32.9 Å². The van der Waals surface area contributed by atoms with Gasteiger partial charge in [0, 0.05) is 18.0 Å². The summed E-state index contributed by atoms with van der Waals surface area (Å²) in [4.78, 5) is 25.8. The van der Waals surface area contributed by atoms with Crippen molar-refractivity contribution in [1.29, 1.82) is 0 Å². The zero-order valence-electron chi connectivity index (χ0n) is 14.7. The Morgan fingerprint density at radius 1 is 1.19 bits per heavy atom. The Kier molecular flexibility index (Phi) is 6.05. The number of nitrogens with zero attached hydrogens (tertiary/aromatic N) is 1. The van der Waals surface area contributed by atoms with Crippen LogP contribution in [0.25, 0.3) is 0 Å². The van der Waals surface area contributed by atoms with Crippen molar-refractivity contribution in [3.05, 3.63) is 51.7 Å². The maximum Gasteiger partial charge on any atom is 0.338 e. The van der Waals surface area contributed by atoms with E-state index in [0.29, 0.717) is 18.1 Å². The fraction of sp³-hybridized carbons (Fsp3) is 0.333. The highest BCUT2D eigenvalue weighted by atomic mass is 32.2. The number of hydrogen-bond donors (Lipinski definition) is 0. The number of morpholine rings is 1. The van der Waals surface area contributed by atoms with Crippen LogP contribution in [0.15, 0.2) is 41.3 Å². The minimum Gasteiger partial charge on any atom is -0.454 e. The Morgan fingerprint density at radius 2 is 1.93 bits per heavy atom. The fourth-order valence-electron chi connectivity index (χ4n) is 2.59. The van der Waals surface area contributed by atoms with E-state index < -0.39 is 16.0 Å². The van der Waals surface area contributed by atoms with Crippen LogP contribution in [0.5, 0.6) is 0 Å². The van der Waals surface area contributed by atoms with Gasteiger partial charge in [0.15, 0.2) is 6.61 Å². The second-order valence-electron chi connectivity index (χ2n) is 5.95. The van der Waals surface area contributed by atoms with Crippen molar-refractivity contribution in [1.82, 2.24) is 4.31 Å². The molecule has 7 nitrogen and oxygen atoms in total. The van der Waals surface area contributed by atoms with Crippen LogP contribution in [-0.2, 0) is 19.5 Å². The third kappa shape index (κ3) is 4.62. The Balaban J connectivity index is 1.69. The number of thiophene rings is 1. The summed E-state index contributed by atoms with van der Waals surface area (Å²) in [6.07, 6.45) is 0. The smallest absolute Gasteiger partial charge is 0.338 e. The predicted octanol–water partition coefficient (Wildman–Crippen LogP) is 2.12. The highest BCUT2D eigenvalue weighted by Gasteiger charge is 2.27. The van der Waals surface area contributed by atoms with Gasteiger partial charge >= 0.3 is 5.97 Å². The minimum atomic E-state index is -3.71. The van der Waals surface area contributed by atoms with E-state index in [2.05, 4.69) is 0 Å². The molecule has 1 fully saturated rings. The van der Waals surface area contributed by atoms with Crippen molar-refractivity contribution in [2.45, 2.75) is 11.8 Å². The van der Waals surface area contributed by atoms with Crippen LogP contribution in [0.2, 0.25) is 0 Å². The molecule has 1 saturated heterocycles. The van der Waals surface area contributed by atoms with E-state index in [-0.39, 0.29) is 35.9 Å². The van der Waals surface area contributed by atoms with Gasteiger partial charge in [0.25, 0.3) is 0 Å². The number of aryl methyl sites for hydroxylation is 1. The van der Waals surface area contributed by atoms with Crippen LogP contribution < -0.4 is 0 Å². The quantitative estimate of drug-likeness (QED) is 0.536. The normalized spacial score (nSPS) is 15.4. The lowest BCUT2D eigenvalue weighted by atomic mass is 10.2. The van der Waals surface area contributed by atoms with Gasteiger partial charge in [0.1, 0.15) is 0 Å². The van der Waals surface area contributed by atoms with Gasteiger partial charge in [-0.3, -0.25) is 4.79 Å². The van der Waals surface area contributed by atoms with Gasteiger partial charge in [-0.05, 0) is 37.3 Å². The first-order chi connectivity index (χ1) is 12.9. The number of hydrogen-bond acceptors (Lipinski definition) is 7. The standard InChI is InChI=1S/C18H19NO6S2/c1-13-5-6-17(26-13)16(20)12-25-18(21)14-3-2-4-15(11-14)27(22,23)19-7-9-24-10-8-19/h2-6,11H,7-10,12H2,1H3. The van der Waals surface area contributed by atoms with E-state index in [9.17, 15) is 18.0 Å². The summed E-state index contributed by atoms with van der Waals surface area (Å²) in [5.74, 6) is -1.03.